The smallest absolute Gasteiger partial charge is 0.251 e. The molecule has 20 heavy (non-hydrogen) atoms. The maximum absolute atomic E-state index is 12.4. The van der Waals surface area contributed by atoms with Crippen LogP contribution in [0.4, 0.5) is 0 Å². The number of nitrogens with zero attached hydrogens (tertiary/aromatic N) is 2. The van der Waals surface area contributed by atoms with Crippen LogP contribution in [0.2, 0.25) is 0 Å². The average Bonchev–Trinajstić information content (AvgIpc) is 2.68. The molecule has 1 unspecified atom stereocenters. The Balaban J connectivity index is 2.13. The summed E-state index contributed by atoms with van der Waals surface area (Å²) in [6.07, 6.45) is 5.51. The van der Waals surface area contributed by atoms with E-state index in [2.05, 4.69) is 15.9 Å². The highest BCUT2D eigenvalue weighted by Crippen LogP contribution is 2.17. The largest absolute Gasteiger partial charge is 0.394 e. The Hall–Kier alpha value is -1.14. The van der Waals surface area contributed by atoms with Gasteiger partial charge in [0.15, 0.2) is 0 Å². The van der Waals surface area contributed by atoms with Gasteiger partial charge in [0.2, 0.25) is 5.91 Å². The Kier molecular flexibility index (Phi) is 5.37. The lowest BCUT2D eigenvalue weighted by Crippen LogP contribution is -2.44. The Morgan fingerprint density at radius 1 is 1.35 bits per heavy atom. The highest BCUT2D eigenvalue weighted by molar-refractivity contribution is 9.10. The first-order chi connectivity index (χ1) is 9.61. The van der Waals surface area contributed by atoms with Crippen molar-refractivity contribution in [2.45, 2.75) is 38.3 Å². The van der Waals surface area contributed by atoms with Crippen molar-refractivity contribution in [1.29, 1.82) is 0 Å². The molecule has 1 aromatic rings. The topological polar surface area (TPSA) is 62.5 Å². The van der Waals surface area contributed by atoms with E-state index in [0.717, 1.165) is 30.2 Å². The fraction of sp³-hybridized carbons (Fsp3) is 0.571. The van der Waals surface area contributed by atoms with Crippen molar-refractivity contribution in [3.63, 3.8) is 0 Å². The second-order valence-corrected chi connectivity index (χ2v) is 6.00. The zero-order valence-electron chi connectivity index (χ0n) is 11.3. The Morgan fingerprint density at radius 3 is 2.90 bits per heavy atom. The number of carbonyl (C=O) groups excluding carboxylic acids is 1. The number of pyridine rings is 1. The molecule has 0 aliphatic carbocycles. The lowest BCUT2D eigenvalue weighted by molar-refractivity contribution is -0.135. The molecule has 2 rings (SSSR count). The first-order valence-electron chi connectivity index (χ1n) is 6.88. The van der Waals surface area contributed by atoms with Gasteiger partial charge >= 0.3 is 0 Å². The van der Waals surface area contributed by atoms with Gasteiger partial charge in [-0.05, 0) is 34.8 Å². The number of aliphatic hydroxyl groups is 1. The molecule has 1 saturated heterocycles. The monoisotopic (exact) mass is 342 g/mol. The van der Waals surface area contributed by atoms with Crippen LogP contribution in [0.5, 0.6) is 0 Å². The van der Waals surface area contributed by atoms with E-state index in [9.17, 15) is 14.7 Å². The van der Waals surface area contributed by atoms with Gasteiger partial charge in [0.25, 0.3) is 5.56 Å². The van der Waals surface area contributed by atoms with Crippen molar-refractivity contribution in [2.75, 3.05) is 13.2 Å². The van der Waals surface area contributed by atoms with Gasteiger partial charge in [-0.15, -0.1) is 0 Å². The molecule has 1 aliphatic heterocycles. The normalized spacial score (nSPS) is 19.7. The predicted molar refractivity (Wildman–Crippen MR) is 79.5 cm³/mol. The van der Waals surface area contributed by atoms with Crippen molar-refractivity contribution in [1.82, 2.24) is 9.47 Å². The van der Waals surface area contributed by atoms with Crippen LogP contribution in [-0.2, 0) is 11.3 Å². The number of aliphatic hydroxyl groups excluding tert-OH is 1. The van der Waals surface area contributed by atoms with Gasteiger partial charge in [-0.3, -0.25) is 9.59 Å². The zero-order valence-corrected chi connectivity index (χ0v) is 12.9. The second-order valence-electron chi connectivity index (χ2n) is 5.09. The molecule has 0 saturated carbocycles. The number of carbonyl (C=O) groups is 1. The minimum Gasteiger partial charge on any atom is -0.394 e. The molecule has 1 aromatic heterocycles. The van der Waals surface area contributed by atoms with Gasteiger partial charge < -0.3 is 14.6 Å². The maximum Gasteiger partial charge on any atom is 0.251 e. The van der Waals surface area contributed by atoms with Crippen molar-refractivity contribution in [2.24, 2.45) is 0 Å². The van der Waals surface area contributed by atoms with Gasteiger partial charge in [0, 0.05) is 23.3 Å². The van der Waals surface area contributed by atoms with Crippen LogP contribution in [0.15, 0.2) is 27.6 Å². The van der Waals surface area contributed by atoms with Crippen LogP contribution >= 0.6 is 15.9 Å². The third-order valence-corrected chi connectivity index (χ3v) is 4.13. The minimum absolute atomic E-state index is 0.0148. The molecule has 1 aliphatic rings. The Morgan fingerprint density at radius 2 is 2.15 bits per heavy atom. The number of aromatic nitrogens is 1. The summed E-state index contributed by atoms with van der Waals surface area (Å²) in [4.78, 5) is 25.8. The van der Waals surface area contributed by atoms with Gasteiger partial charge in [0.1, 0.15) is 6.54 Å². The fourth-order valence-corrected chi connectivity index (χ4v) is 2.94. The van der Waals surface area contributed by atoms with Crippen LogP contribution in [0.1, 0.15) is 25.7 Å². The van der Waals surface area contributed by atoms with E-state index in [1.807, 2.05) is 0 Å². The van der Waals surface area contributed by atoms with E-state index in [1.54, 1.807) is 17.2 Å². The van der Waals surface area contributed by atoms with Crippen molar-refractivity contribution >= 4 is 21.8 Å². The van der Waals surface area contributed by atoms with Gasteiger partial charge in [-0.2, -0.15) is 0 Å². The molecule has 110 valence electrons. The number of hydrogen-bond acceptors (Lipinski definition) is 3. The third-order valence-electron chi connectivity index (χ3n) is 3.66. The first-order valence-corrected chi connectivity index (χ1v) is 7.67. The number of hydrogen-bond donors (Lipinski definition) is 1. The van der Waals surface area contributed by atoms with Crippen molar-refractivity contribution in [3.05, 3.63) is 33.2 Å². The SMILES string of the molecule is O=C(Cn1cc(Br)ccc1=O)N1CCCCCC1CO. The molecule has 2 heterocycles. The molecule has 0 aromatic carbocycles. The zero-order chi connectivity index (χ0) is 14.5. The summed E-state index contributed by atoms with van der Waals surface area (Å²) >= 11 is 3.30. The summed E-state index contributed by atoms with van der Waals surface area (Å²) in [6.45, 7) is 0.667. The third kappa shape index (κ3) is 3.70. The number of amides is 1. The summed E-state index contributed by atoms with van der Waals surface area (Å²) in [5, 5.41) is 9.43. The molecule has 0 radical (unpaired) electrons. The molecule has 0 bridgehead atoms. The highest BCUT2D eigenvalue weighted by Gasteiger charge is 2.24. The van der Waals surface area contributed by atoms with Gasteiger partial charge in [0.05, 0.1) is 12.6 Å². The quantitative estimate of drug-likeness (QED) is 0.902. The van der Waals surface area contributed by atoms with E-state index in [-0.39, 0.29) is 30.7 Å². The van der Waals surface area contributed by atoms with Crippen LogP contribution < -0.4 is 5.56 Å². The standard InChI is InChI=1S/C14H19BrN2O3/c15-11-5-6-13(19)16(8-11)9-14(20)17-7-3-1-2-4-12(17)10-18/h5-6,8,12,18H,1-4,7,9-10H2. The second kappa shape index (κ2) is 7.04. The highest BCUT2D eigenvalue weighted by atomic mass is 79.9. The first kappa shape index (κ1) is 15.3. The lowest BCUT2D eigenvalue weighted by atomic mass is 10.1. The van der Waals surface area contributed by atoms with Gasteiger partial charge in [-0.25, -0.2) is 0 Å². The van der Waals surface area contributed by atoms with E-state index < -0.39 is 0 Å². The molecule has 1 fully saturated rings. The van der Waals surface area contributed by atoms with Crippen molar-refractivity contribution in [3.8, 4) is 0 Å². The minimum atomic E-state index is -0.197. The molecular weight excluding hydrogens is 324 g/mol. The van der Waals surface area contributed by atoms with Crippen LogP contribution in [-0.4, -0.2) is 39.7 Å². The summed E-state index contributed by atoms with van der Waals surface area (Å²) in [5.74, 6) is -0.105. The fourth-order valence-electron chi connectivity index (χ4n) is 2.56. The number of halogens is 1. The Labute approximate surface area is 126 Å². The summed E-state index contributed by atoms with van der Waals surface area (Å²) in [7, 11) is 0. The molecule has 5 nitrogen and oxygen atoms in total. The molecule has 1 amide bonds. The van der Waals surface area contributed by atoms with E-state index >= 15 is 0 Å². The van der Waals surface area contributed by atoms with E-state index in [0.29, 0.717) is 6.54 Å². The van der Waals surface area contributed by atoms with Crippen LogP contribution in [0.3, 0.4) is 0 Å². The summed E-state index contributed by atoms with van der Waals surface area (Å²) in [5.41, 5.74) is -0.197. The predicted octanol–water partition coefficient (Wildman–Crippen LogP) is 1.37. The average molecular weight is 343 g/mol. The van der Waals surface area contributed by atoms with Crippen LogP contribution in [0.25, 0.3) is 0 Å². The van der Waals surface area contributed by atoms with Gasteiger partial charge in [-0.1, -0.05) is 12.8 Å². The molecular formula is C14H19BrN2O3. The molecule has 1 atom stereocenters. The number of likely N-dealkylation sites (tertiary alicyclic amines) is 1. The lowest BCUT2D eigenvalue weighted by Gasteiger charge is -2.28. The Bertz CT molecular complexity index is 529. The van der Waals surface area contributed by atoms with Crippen molar-refractivity contribution < 1.29 is 9.90 Å². The van der Waals surface area contributed by atoms with E-state index in [1.165, 1.54) is 10.6 Å². The maximum atomic E-state index is 12.4. The van der Waals surface area contributed by atoms with E-state index in [4.69, 9.17) is 0 Å². The summed E-state index contributed by atoms with van der Waals surface area (Å²) in [6, 6.07) is 2.97. The molecule has 0 spiro atoms. The summed E-state index contributed by atoms with van der Waals surface area (Å²) < 4.78 is 2.16. The van der Waals surface area contributed by atoms with Crippen LogP contribution in [0, 0.1) is 0 Å². The molecule has 6 heteroatoms. The number of rotatable bonds is 3. The molecule has 1 N–H and O–H groups in total.